The molecule has 0 radical (unpaired) electrons. The summed E-state index contributed by atoms with van der Waals surface area (Å²) in [6.07, 6.45) is 5.00. The topological polar surface area (TPSA) is 46.8 Å². The van der Waals surface area contributed by atoms with Gasteiger partial charge in [-0.25, -0.2) is 4.68 Å². The van der Waals surface area contributed by atoms with E-state index in [4.69, 9.17) is 0 Å². The molecule has 0 aliphatic carbocycles. The highest BCUT2D eigenvalue weighted by Gasteiger charge is 2.25. The molecule has 20 heavy (non-hydrogen) atoms. The molecular formula is C14H21N5S. The van der Waals surface area contributed by atoms with E-state index in [0.717, 1.165) is 18.8 Å². The van der Waals surface area contributed by atoms with E-state index >= 15 is 0 Å². The van der Waals surface area contributed by atoms with Crippen molar-refractivity contribution in [2.45, 2.75) is 45.2 Å². The van der Waals surface area contributed by atoms with Crippen LogP contribution in [-0.2, 0) is 6.54 Å². The lowest BCUT2D eigenvalue weighted by atomic mass is 10.1. The Balaban J connectivity index is 1.79. The number of likely N-dealkylation sites (tertiary alicyclic amines) is 1. The van der Waals surface area contributed by atoms with Gasteiger partial charge in [0.25, 0.3) is 0 Å². The van der Waals surface area contributed by atoms with Crippen molar-refractivity contribution in [2.24, 2.45) is 0 Å². The molecule has 3 heterocycles. The van der Waals surface area contributed by atoms with Crippen molar-refractivity contribution in [3.63, 3.8) is 0 Å². The molecule has 1 unspecified atom stereocenters. The first-order chi connectivity index (χ1) is 9.88. The van der Waals surface area contributed by atoms with Crippen LogP contribution in [0.4, 0.5) is 0 Å². The Kier molecular flexibility index (Phi) is 4.42. The number of nitrogens with zero attached hydrogens (tertiary/aromatic N) is 5. The molecule has 3 rings (SSSR count). The van der Waals surface area contributed by atoms with Crippen molar-refractivity contribution < 1.29 is 0 Å². The van der Waals surface area contributed by atoms with Crippen molar-refractivity contribution in [3.05, 3.63) is 28.2 Å². The lowest BCUT2D eigenvalue weighted by Gasteiger charge is -2.33. The van der Waals surface area contributed by atoms with Gasteiger partial charge in [0, 0.05) is 4.88 Å². The fourth-order valence-electron chi connectivity index (χ4n) is 2.95. The van der Waals surface area contributed by atoms with Crippen molar-refractivity contribution in [1.29, 1.82) is 0 Å². The van der Waals surface area contributed by atoms with Gasteiger partial charge in [-0.2, -0.15) is 0 Å². The van der Waals surface area contributed by atoms with Crippen LogP contribution >= 0.6 is 11.3 Å². The molecule has 0 amide bonds. The third kappa shape index (κ3) is 2.91. The summed E-state index contributed by atoms with van der Waals surface area (Å²) in [6.45, 7) is 5.35. The molecular weight excluding hydrogens is 270 g/mol. The minimum atomic E-state index is 0.352. The van der Waals surface area contributed by atoms with Crippen LogP contribution < -0.4 is 0 Å². The zero-order chi connectivity index (χ0) is 13.8. The molecule has 1 fully saturated rings. The molecule has 6 heteroatoms. The summed E-state index contributed by atoms with van der Waals surface area (Å²) in [6, 6.07) is 4.56. The van der Waals surface area contributed by atoms with Gasteiger partial charge in [0.15, 0.2) is 5.82 Å². The van der Waals surface area contributed by atoms with Gasteiger partial charge < -0.3 is 0 Å². The Bertz CT molecular complexity index is 515. The van der Waals surface area contributed by atoms with E-state index < -0.39 is 0 Å². The quantitative estimate of drug-likeness (QED) is 0.850. The molecule has 0 saturated carbocycles. The Hall–Kier alpha value is -1.27. The standard InChI is InChI=1S/C14H21N5S/c1-2-13(18-8-4-3-5-9-18)14-15-16-17-19(14)11-12-7-6-10-20-12/h6-7,10,13H,2-5,8-9,11H2,1H3. The summed E-state index contributed by atoms with van der Waals surface area (Å²) in [7, 11) is 0. The number of hydrogen-bond donors (Lipinski definition) is 0. The number of thiophene rings is 1. The number of piperidine rings is 1. The molecule has 0 spiro atoms. The number of tetrazole rings is 1. The van der Waals surface area contributed by atoms with Crippen molar-refractivity contribution in [1.82, 2.24) is 25.1 Å². The summed E-state index contributed by atoms with van der Waals surface area (Å²) in [4.78, 5) is 3.84. The van der Waals surface area contributed by atoms with Gasteiger partial charge in [-0.3, -0.25) is 4.90 Å². The molecule has 1 atom stereocenters. The maximum absolute atomic E-state index is 4.31. The Labute approximate surface area is 123 Å². The highest BCUT2D eigenvalue weighted by Crippen LogP contribution is 2.26. The van der Waals surface area contributed by atoms with Gasteiger partial charge in [-0.15, -0.1) is 16.4 Å². The first kappa shape index (κ1) is 13.7. The van der Waals surface area contributed by atoms with Crippen molar-refractivity contribution >= 4 is 11.3 Å². The van der Waals surface area contributed by atoms with Crippen LogP contribution in [-0.4, -0.2) is 38.2 Å². The van der Waals surface area contributed by atoms with E-state index in [2.05, 4.69) is 44.9 Å². The van der Waals surface area contributed by atoms with Crippen LogP contribution in [0.25, 0.3) is 0 Å². The Morgan fingerprint density at radius 3 is 2.85 bits per heavy atom. The highest BCUT2D eigenvalue weighted by atomic mass is 32.1. The summed E-state index contributed by atoms with van der Waals surface area (Å²) >= 11 is 1.75. The summed E-state index contributed by atoms with van der Waals surface area (Å²) in [5.74, 6) is 1.02. The smallest absolute Gasteiger partial charge is 0.168 e. The van der Waals surface area contributed by atoms with E-state index in [1.165, 1.54) is 37.2 Å². The van der Waals surface area contributed by atoms with E-state index in [9.17, 15) is 0 Å². The predicted molar refractivity (Wildman–Crippen MR) is 79.7 cm³/mol. The highest BCUT2D eigenvalue weighted by molar-refractivity contribution is 7.09. The van der Waals surface area contributed by atoms with E-state index in [0.29, 0.717) is 6.04 Å². The largest absolute Gasteiger partial charge is 0.293 e. The normalized spacial score (nSPS) is 18.2. The van der Waals surface area contributed by atoms with Crippen molar-refractivity contribution in [2.75, 3.05) is 13.1 Å². The molecule has 1 saturated heterocycles. The van der Waals surface area contributed by atoms with Crippen LogP contribution in [0.5, 0.6) is 0 Å². The van der Waals surface area contributed by atoms with Crippen LogP contribution in [0.3, 0.4) is 0 Å². The average Bonchev–Trinajstić information content (AvgIpc) is 3.14. The molecule has 1 aliphatic heterocycles. The second-order valence-corrected chi connectivity index (χ2v) is 6.33. The maximum atomic E-state index is 4.31. The van der Waals surface area contributed by atoms with E-state index in [1.54, 1.807) is 11.3 Å². The Morgan fingerprint density at radius 1 is 1.30 bits per heavy atom. The molecule has 108 valence electrons. The molecule has 0 N–H and O–H groups in total. The lowest BCUT2D eigenvalue weighted by molar-refractivity contribution is 0.149. The van der Waals surface area contributed by atoms with E-state index in [1.807, 2.05) is 4.68 Å². The summed E-state index contributed by atoms with van der Waals surface area (Å²) < 4.78 is 1.97. The van der Waals surface area contributed by atoms with Crippen LogP contribution in [0.2, 0.25) is 0 Å². The van der Waals surface area contributed by atoms with Gasteiger partial charge in [-0.1, -0.05) is 19.4 Å². The monoisotopic (exact) mass is 291 g/mol. The summed E-state index contributed by atoms with van der Waals surface area (Å²) in [5.41, 5.74) is 0. The summed E-state index contributed by atoms with van der Waals surface area (Å²) in [5, 5.41) is 14.5. The maximum Gasteiger partial charge on any atom is 0.168 e. The molecule has 0 bridgehead atoms. The fourth-order valence-corrected chi connectivity index (χ4v) is 3.63. The number of hydrogen-bond acceptors (Lipinski definition) is 5. The minimum Gasteiger partial charge on any atom is -0.293 e. The van der Waals surface area contributed by atoms with Gasteiger partial charge in [0.05, 0.1) is 12.6 Å². The SMILES string of the molecule is CCC(c1nnnn1Cc1cccs1)N1CCCCC1. The number of rotatable bonds is 5. The van der Waals surface area contributed by atoms with Gasteiger partial charge in [-0.05, 0) is 54.2 Å². The number of aromatic nitrogens is 4. The molecule has 2 aromatic heterocycles. The average molecular weight is 291 g/mol. The second-order valence-electron chi connectivity index (χ2n) is 5.29. The third-order valence-corrected chi connectivity index (χ3v) is 4.82. The van der Waals surface area contributed by atoms with Crippen molar-refractivity contribution in [3.8, 4) is 0 Å². The molecule has 1 aliphatic rings. The molecule has 5 nitrogen and oxygen atoms in total. The minimum absolute atomic E-state index is 0.352. The first-order valence-corrected chi connectivity index (χ1v) is 8.29. The lowest BCUT2D eigenvalue weighted by Crippen LogP contribution is -2.35. The van der Waals surface area contributed by atoms with Crippen LogP contribution in [0.15, 0.2) is 17.5 Å². The van der Waals surface area contributed by atoms with Gasteiger partial charge >= 0.3 is 0 Å². The van der Waals surface area contributed by atoms with Crippen LogP contribution in [0, 0.1) is 0 Å². The van der Waals surface area contributed by atoms with Gasteiger partial charge in [0.1, 0.15) is 0 Å². The molecule has 0 aromatic carbocycles. The van der Waals surface area contributed by atoms with E-state index in [-0.39, 0.29) is 0 Å². The predicted octanol–water partition coefficient (Wildman–Crippen LogP) is 2.72. The first-order valence-electron chi connectivity index (χ1n) is 7.41. The van der Waals surface area contributed by atoms with Gasteiger partial charge in [0.2, 0.25) is 0 Å². The Morgan fingerprint density at radius 2 is 2.15 bits per heavy atom. The zero-order valence-electron chi connectivity index (χ0n) is 11.9. The molecule has 2 aromatic rings. The third-order valence-electron chi connectivity index (χ3n) is 3.96. The second kappa shape index (κ2) is 6.45. The fraction of sp³-hybridized carbons (Fsp3) is 0.643. The zero-order valence-corrected chi connectivity index (χ0v) is 12.7. The van der Waals surface area contributed by atoms with Crippen LogP contribution in [0.1, 0.15) is 49.4 Å².